The van der Waals surface area contributed by atoms with Crippen LogP contribution in [0.1, 0.15) is 16.5 Å². The van der Waals surface area contributed by atoms with Crippen molar-refractivity contribution in [1.82, 2.24) is 0 Å². The first kappa shape index (κ1) is 12.9. The van der Waals surface area contributed by atoms with E-state index in [2.05, 4.69) is 0 Å². The van der Waals surface area contributed by atoms with Gasteiger partial charge in [-0.3, -0.25) is 0 Å². The van der Waals surface area contributed by atoms with Crippen LogP contribution < -0.4 is 10.5 Å². The highest BCUT2D eigenvalue weighted by Crippen LogP contribution is 2.31. The highest BCUT2D eigenvalue weighted by molar-refractivity contribution is 7.10. The maximum atomic E-state index is 13.5. The molecule has 0 saturated heterocycles. The van der Waals surface area contributed by atoms with Crippen molar-refractivity contribution in [2.24, 2.45) is 5.73 Å². The lowest BCUT2D eigenvalue weighted by Gasteiger charge is -2.11. The topological polar surface area (TPSA) is 35.2 Å². The molecule has 0 bridgehead atoms. The van der Waals surface area contributed by atoms with Crippen LogP contribution in [0, 0.1) is 17.5 Å². The number of ether oxygens (including phenoxy) is 1. The maximum absolute atomic E-state index is 13.5. The van der Waals surface area contributed by atoms with Crippen molar-refractivity contribution in [3.8, 4) is 5.75 Å². The third-order valence-corrected chi connectivity index (χ3v) is 3.51. The molecule has 18 heavy (non-hydrogen) atoms. The summed E-state index contributed by atoms with van der Waals surface area (Å²) in [6.07, 6.45) is 0. The molecule has 1 heterocycles. The number of nitrogens with two attached hydrogens (primary N) is 1. The second-order valence-electron chi connectivity index (χ2n) is 3.65. The summed E-state index contributed by atoms with van der Waals surface area (Å²) in [5.74, 6) is -2.63. The first-order valence-corrected chi connectivity index (χ1v) is 5.93. The largest absolute Gasteiger partial charge is 0.496 e. The van der Waals surface area contributed by atoms with Crippen LogP contribution >= 0.6 is 11.3 Å². The summed E-state index contributed by atoms with van der Waals surface area (Å²) < 4.78 is 44.4. The first-order valence-electron chi connectivity index (χ1n) is 5.05. The van der Waals surface area contributed by atoms with Crippen LogP contribution in [0.15, 0.2) is 23.6 Å². The fraction of sp³-hybridized carbons (Fsp3) is 0.167. The van der Waals surface area contributed by atoms with E-state index >= 15 is 0 Å². The van der Waals surface area contributed by atoms with Gasteiger partial charge in [0.2, 0.25) is 0 Å². The predicted molar refractivity (Wildman–Crippen MR) is 63.2 cm³/mol. The Balaban J connectivity index is 2.39. The van der Waals surface area contributed by atoms with Gasteiger partial charge in [-0.1, -0.05) is 0 Å². The third-order valence-electron chi connectivity index (χ3n) is 2.51. The average molecular weight is 273 g/mol. The fourth-order valence-electron chi connectivity index (χ4n) is 1.53. The molecule has 0 radical (unpaired) electrons. The Kier molecular flexibility index (Phi) is 3.58. The van der Waals surface area contributed by atoms with Crippen LogP contribution in [-0.2, 0) is 0 Å². The Morgan fingerprint density at radius 1 is 1.11 bits per heavy atom. The van der Waals surface area contributed by atoms with Crippen molar-refractivity contribution in [1.29, 1.82) is 0 Å². The number of halogens is 3. The van der Waals surface area contributed by atoms with E-state index in [4.69, 9.17) is 10.5 Å². The first-order chi connectivity index (χ1) is 8.52. The van der Waals surface area contributed by atoms with Gasteiger partial charge in [-0.25, -0.2) is 13.2 Å². The van der Waals surface area contributed by atoms with Gasteiger partial charge >= 0.3 is 0 Å². The normalized spacial score (nSPS) is 12.5. The van der Waals surface area contributed by atoms with Gasteiger partial charge in [0.25, 0.3) is 0 Å². The van der Waals surface area contributed by atoms with Gasteiger partial charge in [0.05, 0.1) is 13.2 Å². The van der Waals surface area contributed by atoms with Crippen molar-refractivity contribution in [2.75, 3.05) is 7.11 Å². The van der Waals surface area contributed by atoms with Gasteiger partial charge in [0.15, 0.2) is 11.6 Å². The molecular formula is C12H10F3NOS. The Morgan fingerprint density at radius 3 is 2.39 bits per heavy atom. The minimum Gasteiger partial charge on any atom is -0.496 e. The van der Waals surface area contributed by atoms with Crippen molar-refractivity contribution in [3.63, 3.8) is 0 Å². The Hall–Kier alpha value is -1.53. The van der Waals surface area contributed by atoms with Gasteiger partial charge in [0, 0.05) is 21.9 Å². The van der Waals surface area contributed by atoms with E-state index in [9.17, 15) is 13.2 Å². The second-order valence-corrected chi connectivity index (χ2v) is 4.60. The molecule has 1 aromatic heterocycles. The lowest BCUT2D eigenvalue weighted by Crippen LogP contribution is -2.13. The summed E-state index contributed by atoms with van der Waals surface area (Å²) in [7, 11) is 1.50. The number of thiophene rings is 1. The van der Waals surface area contributed by atoms with Crippen molar-refractivity contribution >= 4 is 11.3 Å². The molecule has 1 atom stereocenters. The summed E-state index contributed by atoms with van der Waals surface area (Å²) in [4.78, 5) is 0.608. The molecule has 0 aliphatic rings. The molecule has 6 heteroatoms. The standard InChI is InChI=1S/C12H10F3NOS/c1-17-6-2-11(18-5-6)12(16)7-3-9(14)10(15)4-8(7)13/h2-5,12H,16H2,1H3. The summed E-state index contributed by atoms with van der Waals surface area (Å²) >= 11 is 1.26. The van der Waals surface area contributed by atoms with Gasteiger partial charge in [0.1, 0.15) is 11.6 Å². The Labute approximate surface area is 106 Å². The summed E-state index contributed by atoms with van der Waals surface area (Å²) in [6, 6.07) is 2.06. The smallest absolute Gasteiger partial charge is 0.161 e. The average Bonchev–Trinajstić information content (AvgIpc) is 2.81. The highest BCUT2D eigenvalue weighted by atomic mass is 32.1. The van der Waals surface area contributed by atoms with Crippen molar-refractivity contribution in [3.05, 3.63) is 51.5 Å². The van der Waals surface area contributed by atoms with E-state index in [1.165, 1.54) is 18.4 Å². The van der Waals surface area contributed by atoms with E-state index in [-0.39, 0.29) is 5.56 Å². The summed E-state index contributed by atoms with van der Waals surface area (Å²) in [5.41, 5.74) is 5.75. The molecule has 2 rings (SSSR count). The summed E-state index contributed by atoms with van der Waals surface area (Å²) in [6.45, 7) is 0. The van der Waals surface area contributed by atoms with Gasteiger partial charge < -0.3 is 10.5 Å². The molecule has 0 aliphatic heterocycles. The van der Waals surface area contributed by atoms with E-state index in [1.54, 1.807) is 11.4 Å². The molecular weight excluding hydrogens is 263 g/mol. The molecule has 96 valence electrons. The molecule has 1 aromatic carbocycles. The van der Waals surface area contributed by atoms with Crippen LogP contribution in [-0.4, -0.2) is 7.11 Å². The summed E-state index contributed by atoms with van der Waals surface area (Å²) in [5, 5.41) is 1.70. The predicted octanol–water partition coefficient (Wildman–Crippen LogP) is 3.22. The van der Waals surface area contributed by atoms with Crippen molar-refractivity contribution in [2.45, 2.75) is 6.04 Å². The molecule has 0 fully saturated rings. The van der Waals surface area contributed by atoms with Gasteiger partial charge in [-0.05, 0) is 12.1 Å². The minimum atomic E-state index is -1.23. The lowest BCUT2D eigenvalue weighted by atomic mass is 10.1. The third kappa shape index (κ3) is 2.34. The zero-order valence-corrected chi connectivity index (χ0v) is 10.2. The van der Waals surface area contributed by atoms with Crippen LogP contribution in [0.5, 0.6) is 5.75 Å². The molecule has 0 saturated carbocycles. The van der Waals surface area contributed by atoms with E-state index in [0.717, 1.165) is 6.07 Å². The molecule has 0 aliphatic carbocycles. The molecule has 0 amide bonds. The molecule has 0 spiro atoms. The molecule has 2 aromatic rings. The Morgan fingerprint density at radius 2 is 1.78 bits per heavy atom. The monoisotopic (exact) mass is 273 g/mol. The SMILES string of the molecule is COc1csc(C(N)c2cc(F)c(F)cc2F)c1. The fourth-order valence-corrected chi connectivity index (χ4v) is 2.41. The number of hydrogen-bond donors (Lipinski definition) is 1. The second kappa shape index (κ2) is 4.99. The van der Waals surface area contributed by atoms with Crippen LogP contribution in [0.4, 0.5) is 13.2 Å². The number of hydrogen-bond acceptors (Lipinski definition) is 3. The Bertz CT molecular complexity index is 570. The highest BCUT2D eigenvalue weighted by Gasteiger charge is 2.18. The lowest BCUT2D eigenvalue weighted by molar-refractivity contribution is 0.416. The zero-order chi connectivity index (χ0) is 13.3. The van der Waals surface area contributed by atoms with Crippen LogP contribution in [0.2, 0.25) is 0 Å². The maximum Gasteiger partial charge on any atom is 0.161 e. The number of methoxy groups -OCH3 is 1. The van der Waals surface area contributed by atoms with Gasteiger partial charge in [-0.15, -0.1) is 11.3 Å². The van der Waals surface area contributed by atoms with E-state index < -0.39 is 23.5 Å². The molecule has 2 nitrogen and oxygen atoms in total. The molecule has 1 unspecified atom stereocenters. The van der Waals surface area contributed by atoms with Gasteiger partial charge in [-0.2, -0.15) is 0 Å². The number of benzene rings is 1. The quantitative estimate of drug-likeness (QED) is 0.871. The minimum absolute atomic E-state index is 0.0848. The number of rotatable bonds is 3. The van der Waals surface area contributed by atoms with Crippen LogP contribution in [0.3, 0.4) is 0 Å². The van der Waals surface area contributed by atoms with Crippen LogP contribution in [0.25, 0.3) is 0 Å². The zero-order valence-electron chi connectivity index (χ0n) is 9.41. The van der Waals surface area contributed by atoms with Crippen molar-refractivity contribution < 1.29 is 17.9 Å². The van der Waals surface area contributed by atoms with E-state index in [1.807, 2.05) is 0 Å². The molecule has 2 N–H and O–H groups in total. The van der Waals surface area contributed by atoms with E-state index in [0.29, 0.717) is 16.7 Å².